The van der Waals surface area contributed by atoms with Gasteiger partial charge >= 0.3 is 0 Å². The van der Waals surface area contributed by atoms with Crippen molar-refractivity contribution in [3.63, 3.8) is 0 Å². The first kappa shape index (κ1) is 9.85. The summed E-state index contributed by atoms with van der Waals surface area (Å²) in [6.07, 6.45) is 6.64. The molecule has 0 amide bonds. The first-order chi connectivity index (χ1) is 7.25. The van der Waals surface area contributed by atoms with Crippen molar-refractivity contribution >= 4 is 17.6 Å². The summed E-state index contributed by atoms with van der Waals surface area (Å²) in [5.74, 6) is 0.395. The van der Waals surface area contributed by atoms with Gasteiger partial charge in [0.05, 0.1) is 0 Å². The first-order valence-corrected chi connectivity index (χ1v) is 5.10. The lowest BCUT2D eigenvalue weighted by Gasteiger charge is -2.01. The first-order valence-electron chi connectivity index (χ1n) is 4.28. The van der Waals surface area contributed by atoms with E-state index in [2.05, 4.69) is 19.9 Å². The van der Waals surface area contributed by atoms with Crippen molar-refractivity contribution in [1.29, 1.82) is 0 Å². The Kier molecular flexibility index (Phi) is 2.77. The van der Waals surface area contributed by atoms with E-state index in [-0.39, 0.29) is 0 Å². The lowest BCUT2D eigenvalue weighted by molar-refractivity contribution is 0.942. The number of aryl methyl sites for hydroxylation is 1. The molecule has 0 saturated heterocycles. The highest BCUT2D eigenvalue weighted by Crippen LogP contribution is 2.25. The van der Waals surface area contributed by atoms with E-state index in [0.29, 0.717) is 16.0 Å². The summed E-state index contributed by atoms with van der Waals surface area (Å²) in [6.45, 7) is 1.94. The SMILES string of the molecule is Cc1cnc(Sc2nccnc2N)nc1. The summed E-state index contributed by atoms with van der Waals surface area (Å²) in [7, 11) is 0. The second-order valence-electron chi connectivity index (χ2n) is 2.89. The molecule has 76 valence electrons. The van der Waals surface area contributed by atoms with Crippen LogP contribution in [-0.4, -0.2) is 19.9 Å². The zero-order valence-corrected chi connectivity index (χ0v) is 8.90. The van der Waals surface area contributed by atoms with Crippen LogP contribution in [0.4, 0.5) is 5.82 Å². The Hall–Kier alpha value is -1.69. The number of nitrogens with zero attached hydrogens (tertiary/aromatic N) is 4. The van der Waals surface area contributed by atoms with E-state index in [1.807, 2.05) is 6.92 Å². The average molecular weight is 219 g/mol. The highest BCUT2D eigenvalue weighted by molar-refractivity contribution is 7.99. The molecule has 0 saturated carbocycles. The molecule has 2 aromatic heterocycles. The Morgan fingerprint density at radius 2 is 1.73 bits per heavy atom. The molecule has 0 fully saturated rings. The third kappa shape index (κ3) is 2.41. The maximum absolute atomic E-state index is 5.65. The van der Waals surface area contributed by atoms with E-state index in [0.717, 1.165) is 5.56 Å². The lowest BCUT2D eigenvalue weighted by atomic mass is 10.4. The Labute approximate surface area is 91.2 Å². The molecule has 0 aliphatic heterocycles. The fraction of sp³-hybridized carbons (Fsp3) is 0.111. The second-order valence-corrected chi connectivity index (χ2v) is 3.85. The molecule has 0 spiro atoms. The van der Waals surface area contributed by atoms with Gasteiger partial charge in [0.25, 0.3) is 0 Å². The Bertz CT molecular complexity index is 456. The van der Waals surface area contributed by atoms with Crippen molar-refractivity contribution in [2.24, 2.45) is 0 Å². The van der Waals surface area contributed by atoms with E-state index >= 15 is 0 Å². The Morgan fingerprint density at radius 1 is 1.07 bits per heavy atom. The Morgan fingerprint density at radius 3 is 2.40 bits per heavy atom. The molecule has 2 heterocycles. The quantitative estimate of drug-likeness (QED) is 0.767. The normalized spacial score (nSPS) is 10.2. The van der Waals surface area contributed by atoms with Gasteiger partial charge in [-0.1, -0.05) is 0 Å². The molecular weight excluding hydrogens is 210 g/mol. The monoisotopic (exact) mass is 219 g/mol. The Balaban J connectivity index is 2.22. The topological polar surface area (TPSA) is 77.6 Å². The van der Waals surface area contributed by atoms with Crippen molar-refractivity contribution in [2.75, 3.05) is 5.73 Å². The van der Waals surface area contributed by atoms with Crippen molar-refractivity contribution in [1.82, 2.24) is 19.9 Å². The minimum atomic E-state index is 0.395. The third-order valence-corrected chi connectivity index (χ3v) is 2.54. The molecule has 0 aliphatic carbocycles. The van der Waals surface area contributed by atoms with Gasteiger partial charge in [0.15, 0.2) is 11.0 Å². The number of rotatable bonds is 2. The molecule has 5 nitrogen and oxygen atoms in total. The number of nitrogen functional groups attached to an aromatic ring is 1. The largest absolute Gasteiger partial charge is 0.381 e. The third-order valence-electron chi connectivity index (χ3n) is 1.64. The second kappa shape index (κ2) is 4.22. The van der Waals surface area contributed by atoms with Gasteiger partial charge < -0.3 is 5.73 Å². The van der Waals surface area contributed by atoms with Crippen LogP contribution >= 0.6 is 11.8 Å². The zero-order valence-electron chi connectivity index (χ0n) is 8.08. The maximum Gasteiger partial charge on any atom is 0.193 e. The predicted octanol–water partition coefficient (Wildman–Crippen LogP) is 1.31. The summed E-state index contributed by atoms with van der Waals surface area (Å²) >= 11 is 1.30. The van der Waals surface area contributed by atoms with Crippen molar-refractivity contribution < 1.29 is 0 Å². The van der Waals surface area contributed by atoms with E-state index in [9.17, 15) is 0 Å². The molecule has 0 aliphatic rings. The van der Waals surface area contributed by atoms with Gasteiger partial charge in [0, 0.05) is 24.8 Å². The summed E-state index contributed by atoms with van der Waals surface area (Å²) in [5, 5.41) is 1.24. The summed E-state index contributed by atoms with van der Waals surface area (Å²) in [4.78, 5) is 16.3. The molecule has 2 N–H and O–H groups in total. The van der Waals surface area contributed by atoms with Gasteiger partial charge in [-0.25, -0.2) is 19.9 Å². The number of anilines is 1. The average Bonchev–Trinajstić information content (AvgIpc) is 2.25. The lowest BCUT2D eigenvalue weighted by Crippen LogP contribution is -1.95. The van der Waals surface area contributed by atoms with Crippen LogP contribution in [0.3, 0.4) is 0 Å². The highest BCUT2D eigenvalue weighted by Gasteiger charge is 2.05. The predicted molar refractivity (Wildman–Crippen MR) is 57.3 cm³/mol. The molecule has 15 heavy (non-hydrogen) atoms. The van der Waals surface area contributed by atoms with Crippen LogP contribution in [0, 0.1) is 6.92 Å². The summed E-state index contributed by atoms with van der Waals surface area (Å²) in [5.41, 5.74) is 6.67. The fourth-order valence-corrected chi connectivity index (χ4v) is 1.59. The van der Waals surface area contributed by atoms with Crippen LogP contribution in [0.2, 0.25) is 0 Å². The molecule has 0 bridgehead atoms. The van der Waals surface area contributed by atoms with E-state index in [1.54, 1.807) is 24.8 Å². The smallest absolute Gasteiger partial charge is 0.193 e. The van der Waals surface area contributed by atoms with E-state index < -0.39 is 0 Å². The van der Waals surface area contributed by atoms with Crippen LogP contribution in [0.15, 0.2) is 35.0 Å². The van der Waals surface area contributed by atoms with Crippen LogP contribution in [0.25, 0.3) is 0 Å². The summed E-state index contributed by atoms with van der Waals surface area (Å²) in [6, 6.07) is 0. The van der Waals surface area contributed by atoms with Crippen molar-refractivity contribution in [2.45, 2.75) is 17.1 Å². The van der Waals surface area contributed by atoms with Crippen LogP contribution in [0.1, 0.15) is 5.56 Å². The minimum Gasteiger partial charge on any atom is -0.381 e. The zero-order chi connectivity index (χ0) is 10.7. The minimum absolute atomic E-state index is 0.395. The van der Waals surface area contributed by atoms with Gasteiger partial charge in [-0.05, 0) is 24.2 Å². The molecule has 2 rings (SSSR count). The van der Waals surface area contributed by atoms with Gasteiger partial charge in [-0.15, -0.1) is 0 Å². The molecule has 6 heteroatoms. The van der Waals surface area contributed by atoms with Crippen LogP contribution < -0.4 is 5.73 Å². The number of hydrogen-bond acceptors (Lipinski definition) is 6. The van der Waals surface area contributed by atoms with Crippen molar-refractivity contribution in [3.05, 3.63) is 30.4 Å². The highest BCUT2D eigenvalue weighted by atomic mass is 32.2. The molecular formula is C9H9N5S. The van der Waals surface area contributed by atoms with Gasteiger partial charge in [-0.2, -0.15) is 0 Å². The van der Waals surface area contributed by atoms with Gasteiger partial charge in [0.1, 0.15) is 5.03 Å². The molecule has 0 unspecified atom stereocenters. The summed E-state index contributed by atoms with van der Waals surface area (Å²) < 4.78 is 0. The van der Waals surface area contributed by atoms with Crippen molar-refractivity contribution in [3.8, 4) is 0 Å². The molecule has 0 radical (unpaired) electrons. The van der Waals surface area contributed by atoms with E-state index in [1.165, 1.54) is 11.8 Å². The van der Waals surface area contributed by atoms with Gasteiger partial charge in [0.2, 0.25) is 0 Å². The van der Waals surface area contributed by atoms with Gasteiger partial charge in [-0.3, -0.25) is 0 Å². The van der Waals surface area contributed by atoms with Crippen LogP contribution in [0.5, 0.6) is 0 Å². The number of hydrogen-bond donors (Lipinski definition) is 1. The standard InChI is InChI=1S/C9H9N5S/c1-6-4-13-9(14-5-6)15-8-7(10)11-2-3-12-8/h2-5H,1H3,(H2,10,11). The maximum atomic E-state index is 5.65. The molecule has 2 aromatic rings. The number of nitrogens with two attached hydrogens (primary N) is 1. The number of aromatic nitrogens is 4. The fourth-order valence-electron chi connectivity index (χ4n) is 0.935. The van der Waals surface area contributed by atoms with Crippen LogP contribution in [-0.2, 0) is 0 Å². The van der Waals surface area contributed by atoms with E-state index in [4.69, 9.17) is 5.73 Å². The molecule has 0 atom stereocenters. The molecule has 0 aromatic carbocycles.